The molecule has 0 bridgehead atoms. The molecule has 3 N–H and O–H groups in total. The van der Waals surface area contributed by atoms with E-state index < -0.39 is 0 Å². The number of methoxy groups -OCH3 is 1. The Morgan fingerprint density at radius 3 is 3.00 bits per heavy atom. The van der Waals surface area contributed by atoms with Crippen LogP contribution < -0.4 is 11.1 Å². The fraction of sp³-hybridized carbons (Fsp3) is 0.500. The van der Waals surface area contributed by atoms with Gasteiger partial charge in [-0.15, -0.1) is 0 Å². The van der Waals surface area contributed by atoms with Crippen molar-refractivity contribution in [2.24, 2.45) is 5.73 Å². The van der Waals surface area contributed by atoms with Crippen LogP contribution in [0, 0.1) is 6.92 Å². The van der Waals surface area contributed by atoms with Crippen molar-refractivity contribution in [1.29, 1.82) is 0 Å². The van der Waals surface area contributed by atoms with E-state index >= 15 is 0 Å². The Morgan fingerprint density at radius 1 is 1.67 bits per heavy atom. The van der Waals surface area contributed by atoms with E-state index in [9.17, 15) is 0 Å². The number of nitrogens with one attached hydrogen (secondary N) is 1. The summed E-state index contributed by atoms with van der Waals surface area (Å²) in [5, 5.41) is 3.23. The Morgan fingerprint density at radius 2 is 2.40 bits per heavy atom. The first kappa shape index (κ1) is 12.4. The zero-order valence-electron chi connectivity index (χ0n) is 8.96. The monoisotopic (exact) mass is 273 g/mol. The predicted octanol–water partition coefficient (Wildman–Crippen LogP) is 1.54. The Labute approximate surface area is 98.3 Å². The molecule has 84 valence electrons. The number of hydrogen-bond donors (Lipinski definition) is 2. The number of hydrogen-bond acceptors (Lipinski definition) is 4. The number of nitrogens with two attached hydrogens (primary N) is 1. The van der Waals surface area contributed by atoms with Crippen LogP contribution in [0.1, 0.15) is 5.56 Å². The molecular weight excluding hydrogens is 258 g/mol. The van der Waals surface area contributed by atoms with Gasteiger partial charge in [-0.3, -0.25) is 0 Å². The van der Waals surface area contributed by atoms with Gasteiger partial charge in [-0.25, -0.2) is 4.98 Å². The van der Waals surface area contributed by atoms with Gasteiger partial charge < -0.3 is 15.8 Å². The number of ether oxygens (including phenoxy) is 1. The van der Waals surface area contributed by atoms with Crippen LogP contribution >= 0.6 is 15.9 Å². The van der Waals surface area contributed by atoms with E-state index in [0.717, 1.165) is 15.9 Å². The van der Waals surface area contributed by atoms with Crippen molar-refractivity contribution in [2.45, 2.75) is 13.0 Å². The second-order valence-corrected chi connectivity index (χ2v) is 4.12. The topological polar surface area (TPSA) is 60.2 Å². The molecule has 0 aliphatic carbocycles. The third-order valence-electron chi connectivity index (χ3n) is 2.08. The predicted molar refractivity (Wildman–Crippen MR) is 65.0 cm³/mol. The highest BCUT2D eigenvalue weighted by Gasteiger charge is 2.09. The molecule has 1 aromatic heterocycles. The van der Waals surface area contributed by atoms with E-state index in [2.05, 4.69) is 26.2 Å². The number of rotatable bonds is 5. The zero-order chi connectivity index (χ0) is 11.3. The summed E-state index contributed by atoms with van der Waals surface area (Å²) < 4.78 is 6.02. The van der Waals surface area contributed by atoms with E-state index in [-0.39, 0.29) is 6.04 Å². The van der Waals surface area contributed by atoms with Crippen LogP contribution in [0.5, 0.6) is 0 Å². The fourth-order valence-electron chi connectivity index (χ4n) is 1.20. The minimum Gasteiger partial charge on any atom is -0.383 e. The van der Waals surface area contributed by atoms with Gasteiger partial charge in [0.25, 0.3) is 0 Å². The van der Waals surface area contributed by atoms with Crippen LogP contribution in [0.4, 0.5) is 5.82 Å². The number of nitrogens with zero attached hydrogens (tertiary/aromatic N) is 1. The molecule has 1 unspecified atom stereocenters. The second-order valence-electron chi connectivity index (χ2n) is 3.32. The largest absolute Gasteiger partial charge is 0.383 e. The van der Waals surface area contributed by atoms with Crippen molar-refractivity contribution < 1.29 is 4.74 Å². The Hall–Kier alpha value is -0.650. The van der Waals surface area contributed by atoms with Gasteiger partial charge in [0.15, 0.2) is 0 Å². The first-order valence-electron chi connectivity index (χ1n) is 4.75. The number of pyridine rings is 1. The average molecular weight is 274 g/mol. The van der Waals surface area contributed by atoms with Gasteiger partial charge in [0.05, 0.1) is 17.1 Å². The molecule has 1 rings (SSSR count). The van der Waals surface area contributed by atoms with E-state index in [1.54, 1.807) is 13.3 Å². The number of halogens is 1. The Balaban J connectivity index is 2.74. The molecular formula is C10H16BrN3O. The molecule has 1 heterocycles. The van der Waals surface area contributed by atoms with E-state index in [1.165, 1.54) is 0 Å². The summed E-state index contributed by atoms with van der Waals surface area (Å²) >= 11 is 3.48. The first-order chi connectivity index (χ1) is 7.19. The molecule has 5 heteroatoms. The van der Waals surface area contributed by atoms with Crippen LogP contribution in [-0.2, 0) is 4.74 Å². The van der Waals surface area contributed by atoms with Crippen molar-refractivity contribution in [3.8, 4) is 0 Å². The molecule has 0 aliphatic rings. The van der Waals surface area contributed by atoms with Crippen LogP contribution in [0.25, 0.3) is 0 Å². The van der Waals surface area contributed by atoms with Crippen molar-refractivity contribution in [3.05, 3.63) is 22.3 Å². The molecule has 15 heavy (non-hydrogen) atoms. The van der Waals surface area contributed by atoms with Crippen LogP contribution in [-0.4, -0.2) is 31.3 Å². The Bertz CT molecular complexity index is 320. The molecule has 0 radical (unpaired) electrons. The number of aromatic nitrogens is 1. The van der Waals surface area contributed by atoms with Gasteiger partial charge in [0.1, 0.15) is 5.82 Å². The Kier molecular flexibility index (Phi) is 5.01. The standard InChI is InChI=1S/C10H16BrN3O/c1-7-3-4-13-10(9(7)11)14-8(5-12)6-15-2/h3-4,8H,5-6,12H2,1-2H3,(H,13,14). The number of aryl methyl sites for hydroxylation is 1. The van der Waals surface area contributed by atoms with Crippen LogP contribution in [0.3, 0.4) is 0 Å². The molecule has 4 nitrogen and oxygen atoms in total. The minimum atomic E-state index is 0.0839. The highest BCUT2D eigenvalue weighted by Crippen LogP contribution is 2.23. The molecule has 0 saturated carbocycles. The molecule has 1 atom stereocenters. The summed E-state index contributed by atoms with van der Waals surface area (Å²) in [7, 11) is 1.66. The van der Waals surface area contributed by atoms with Gasteiger partial charge in [-0.1, -0.05) is 0 Å². The molecule has 0 spiro atoms. The van der Waals surface area contributed by atoms with E-state index in [1.807, 2.05) is 13.0 Å². The molecule has 0 amide bonds. The maximum atomic E-state index is 5.61. The van der Waals surface area contributed by atoms with Crippen LogP contribution in [0.15, 0.2) is 16.7 Å². The molecule has 1 aromatic rings. The van der Waals surface area contributed by atoms with E-state index in [4.69, 9.17) is 10.5 Å². The lowest BCUT2D eigenvalue weighted by Crippen LogP contribution is -2.33. The zero-order valence-corrected chi connectivity index (χ0v) is 10.5. The summed E-state index contributed by atoms with van der Waals surface area (Å²) in [6, 6.07) is 2.03. The third-order valence-corrected chi connectivity index (χ3v) is 3.08. The normalized spacial score (nSPS) is 12.5. The summed E-state index contributed by atoms with van der Waals surface area (Å²) in [5.74, 6) is 0.808. The summed E-state index contributed by atoms with van der Waals surface area (Å²) in [6.45, 7) is 3.10. The summed E-state index contributed by atoms with van der Waals surface area (Å²) in [4.78, 5) is 4.24. The summed E-state index contributed by atoms with van der Waals surface area (Å²) in [5.41, 5.74) is 6.75. The molecule has 0 saturated heterocycles. The summed E-state index contributed by atoms with van der Waals surface area (Å²) in [6.07, 6.45) is 1.77. The van der Waals surface area contributed by atoms with Crippen molar-refractivity contribution >= 4 is 21.7 Å². The quantitative estimate of drug-likeness (QED) is 0.855. The van der Waals surface area contributed by atoms with Crippen molar-refractivity contribution in [2.75, 3.05) is 25.6 Å². The molecule has 0 aliphatic heterocycles. The van der Waals surface area contributed by atoms with Gasteiger partial charge >= 0.3 is 0 Å². The van der Waals surface area contributed by atoms with Gasteiger partial charge in [0, 0.05) is 19.9 Å². The maximum absolute atomic E-state index is 5.61. The average Bonchev–Trinajstić information content (AvgIpc) is 2.24. The van der Waals surface area contributed by atoms with Crippen molar-refractivity contribution in [3.63, 3.8) is 0 Å². The van der Waals surface area contributed by atoms with Gasteiger partial charge in [-0.05, 0) is 34.5 Å². The van der Waals surface area contributed by atoms with Gasteiger partial charge in [-0.2, -0.15) is 0 Å². The molecule has 0 aromatic carbocycles. The number of anilines is 1. The smallest absolute Gasteiger partial charge is 0.140 e. The minimum absolute atomic E-state index is 0.0839. The molecule has 0 fully saturated rings. The highest BCUT2D eigenvalue weighted by molar-refractivity contribution is 9.10. The highest BCUT2D eigenvalue weighted by atomic mass is 79.9. The lowest BCUT2D eigenvalue weighted by Gasteiger charge is -2.17. The lowest BCUT2D eigenvalue weighted by atomic mass is 10.2. The van der Waals surface area contributed by atoms with E-state index in [0.29, 0.717) is 13.2 Å². The first-order valence-corrected chi connectivity index (χ1v) is 5.55. The van der Waals surface area contributed by atoms with Gasteiger partial charge in [0.2, 0.25) is 0 Å². The second kappa shape index (κ2) is 6.05. The van der Waals surface area contributed by atoms with Crippen molar-refractivity contribution in [1.82, 2.24) is 4.98 Å². The van der Waals surface area contributed by atoms with Crippen LogP contribution in [0.2, 0.25) is 0 Å². The lowest BCUT2D eigenvalue weighted by molar-refractivity contribution is 0.187. The SMILES string of the molecule is COCC(CN)Nc1nccc(C)c1Br. The fourth-order valence-corrected chi connectivity index (χ4v) is 1.55. The third kappa shape index (κ3) is 3.44. The maximum Gasteiger partial charge on any atom is 0.140 e.